The Morgan fingerprint density at radius 3 is 3.12 bits per heavy atom. The number of carboxylic acid groups (broad SMARTS) is 1. The van der Waals surface area contributed by atoms with E-state index in [1.54, 1.807) is 6.20 Å². The van der Waals surface area contributed by atoms with Gasteiger partial charge >= 0.3 is 5.97 Å². The van der Waals surface area contributed by atoms with Crippen LogP contribution in [0.2, 0.25) is 0 Å². The Balaban J connectivity index is 1.99. The van der Waals surface area contributed by atoms with Gasteiger partial charge in [0.05, 0.1) is 6.20 Å². The van der Waals surface area contributed by atoms with Gasteiger partial charge in [-0.3, -0.25) is 14.4 Å². The molecule has 0 saturated carbocycles. The number of carboxylic acids is 1. The van der Waals surface area contributed by atoms with E-state index in [0.29, 0.717) is 12.6 Å². The van der Waals surface area contributed by atoms with Gasteiger partial charge in [0.15, 0.2) is 0 Å². The number of likely N-dealkylation sites (tertiary alicyclic amines) is 1. The summed E-state index contributed by atoms with van der Waals surface area (Å²) >= 11 is 0. The molecule has 5 nitrogen and oxygen atoms in total. The van der Waals surface area contributed by atoms with Crippen LogP contribution in [0.15, 0.2) is 12.4 Å². The highest BCUT2D eigenvalue weighted by Crippen LogP contribution is 2.24. The first kappa shape index (κ1) is 11.1. The van der Waals surface area contributed by atoms with Gasteiger partial charge in [-0.25, -0.2) is 0 Å². The molecule has 0 aliphatic carbocycles. The van der Waals surface area contributed by atoms with Crippen molar-refractivity contribution in [3.05, 3.63) is 18.0 Å². The largest absolute Gasteiger partial charge is 0.481 e. The van der Waals surface area contributed by atoms with Crippen molar-refractivity contribution in [2.24, 2.45) is 0 Å². The molecule has 1 aliphatic rings. The smallest absolute Gasteiger partial charge is 0.303 e. The number of hydrogen-bond acceptors (Lipinski definition) is 3. The molecule has 1 aromatic heterocycles. The molecular weight excluding hydrogens is 206 g/mol. The van der Waals surface area contributed by atoms with E-state index < -0.39 is 5.97 Å². The van der Waals surface area contributed by atoms with E-state index in [1.807, 2.05) is 10.9 Å². The van der Waals surface area contributed by atoms with Crippen LogP contribution in [-0.2, 0) is 11.2 Å². The zero-order valence-electron chi connectivity index (χ0n) is 9.46. The predicted molar refractivity (Wildman–Crippen MR) is 59.1 cm³/mol. The molecule has 1 atom stereocenters. The van der Waals surface area contributed by atoms with Crippen molar-refractivity contribution >= 4 is 5.97 Å². The highest BCUT2D eigenvalue weighted by Gasteiger charge is 2.22. The van der Waals surface area contributed by atoms with Crippen molar-refractivity contribution in [1.29, 1.82) is 0 Å². The highest BCUT2D eigenvalue weighted by molar-refractivity contribution is 5.67. The van der Waals surface area contributed by atoms with Crippen molar-refractivity contribution in [3.63, 3.8) is 0 Å². The predicted octanol–water partition coefficient (Wildman–Crippen LogP) is 1.12. The van der Waals surface area contributed by atoms with Gasteiger partial charge in [-0.05, 0) is 38.4 Å². The van der Waals surface area contributed by atoms with Gasteiger partial charge in [0.2, 0.25) is 0 Å². The van der Waals surface area contributed by atoms with E-state index in [2.05, 4.69) is 17.0 Å². The van der Waals surface area contributed by atoms with Crippen LogP contribution in [0.5, 0.6) is 0 Å². The van der Waals surface area contributed by atoms with Crippen molar-refractivity contribution in [3.8, 4) is 0 Å². The van der Waals surface area contributed by atoms with Crippen molar-refractivity contribution in [2.75, 3.05) is 13.6 Å². The van der Waals surface area contributed by atoms with Gasteiger partial charge in [-0.1, -0.05) is 0 Å². The van der Waals surface area contributed by atoms with Gasteiger partial charge in [0, 0.05) is 12.6 Å². The Kier molecular flexibility index (Phi) is 3.24. The van der Waals surface area contributed by atoms with Crippen molar-refractivity contribution in [1.82, 2.24) is 14.7 Å². The van der Waals surface area contributed by atoms with Crippen LogP contribution in [0.3, 0.4) is 0 Å². The molecule has 1 fully saturated rings. The lowest BCUT2D eigenvalue weighted by atomic mass is 10.2. The minimum Gasteiger partial charge on any atom is -0.481 e. The quantitative estimate of drug-likeness (QED) is 0.831. The van der Waals surface area contributed by atoms with E-state index in [9.17, 15) is 4.79 Å². The molecule has 1 N–H and O–H groups in total. The van der Waals surface area contributed by atoms with Gasteiger partial charge in [0.1, 0.15) is 6.17 Å². The SMILES string of the molecule is CN1CCCC1n1cc(CCC(=O)O)cn1. The molecule has 0 radical (unpaired) electrons. The maximum absolute atomic E-state index is 10.5. The highest BCUT2D eigenvalue weighted by atomic mass is 16.4. The van der Waals surface area contributed by atoms with Crippen LogP contribution in [0, 0.1) is 0 Å². The maximum Gasteiger partial charge on any atom is 0.303 e. The molecule has 16 heavy (non-hydrogen) atoms. The first-order valence-corrected chi connectivity index (χ1v) is 5.62. The Hall–Kier alpha value is -1.36. The van der Waals surface area contributed by atoms with Gasteiger partial charge in [0.25, 0.3) is 0 Å². The summed E-state index contributed by atoms with van der Waals surface area (Å²) in [7, 11) is 2.09. The molecule has 2 heterocycles. The summed E-state index contributed by atoms with van der Waals surface area (Å²) in [6.45, 7) is 1.11. The van der Waals surface area contributed by atoms with Crippen LogP contribution >= 0.6 is 0 Å². The summed E-state index contributed by atoms with van der Waals surface area (Å²) in [5.74, 6) is -0.759. The maximum atomic E-state index is 10.5. The zero-order valence-corrected chi connectivity index (χ0v) is 9.46. The summed E-state index contributed by atoms with van der Waals surface area (Å²) in [6.07, 6.45) is 7.14. The molecule has 1 saturated heterocycles. The fraction of sp³-hybridized carbons (Fsp3) is 0.636. The molecular formula is C11H17N3O2. The molecule has 1 aliphatic heterocycles. The van der Waals surface area contributed by atoms with Crippen LogP contribution in [0.4, 0.5) is 0 Å². The van der Waals surface area contributed by atoms with Crippen LogP contribution < -0.4 is 0 Å². The minimum atomic E-state index is -0.759. The first-order chi connectivity index (χ1) is 7.66. The molecule has 0 spiro atoms. The average molecular weight is 223 g/mol. The molecule has 2 rings (SSSR count). The van der Waals surface area contributed by atoms with Gasteiger partial charge in [-0.2, -0.15) is 5.10 Å². The van der Waals surface area contributed by atoms with Crippen molar-refractivity contribution < 1.29 is 9.90 Å². The molecule has 0 amide bonds. The number of rotatable bonds is 4. The van der Waals surface area contributed by atoms with Crippen LogP contribution in [0.25, 0.3) is 0 Å². The first-order valence-electron chi connectivity index (χ1n) is 5.62. The second-order valence-corrected chi connectivity index (χ2v) is 4.33. The second-order valence-electron chi connectivity index (χ2n) is 4.33. The fourth-order valence-electron chi connectivity index (χ4n) is 2.15. The Bertz CT molecular complexity index is 375. The summed E-state index contributed by atoms with van der Waals surface area (Å²) < 4.78 is 1.95. The van der Waals surface area contributed by atoms with Gasteiger partial charge in [-0.15, -0.1) is 0 Å². The van der Waals surface area contributed by atoms with Crippen LogP contribution in [-0.4, -0.2) is 39.3 Å². The number of aromatic nitrogens is 2. The minimum absolute atomic E-state index is 0.173. The van der Waals surface area contributed by atoms with Crippen molar-refractivity contribution in [2.45, 2.75) is 31.8 Å². The Morgan fingerprint density at radius 1 is 1.69 bits per heavy atom. The van der Waals surface area contributed by atoms with E-state index in [4.69, 9.17) is 5.11 Å². The summed E-state index contributed by atoms with van der Waals surface area (Å²) in [5, 5.41) is 12.9. The molecule has 88 valence electrons. The van der Waals surface area contributed by atoms with E-state index in [-0.39, 0.29) is 6.42 Å². The number of hydrogen-bond donors (Lipinski definition) is 1. The molecule has 1 aromatic rings. The summed E-state index contributed by atoms with van der Waals surface area (Å²) in [6, 6.07) is 0. The fourth-order valence-corrected chi connectivity index (χ4v) is 2.15. The summed E-state index contributed by atoms with van der Waals surface area (Å²) in [5.41, 5.74) is 1.00. The topological polar surface area (TPSA) is 58.4 Å². The number of nitrogens with zero attached hydrogens (tertiary/aromatic N) is 3. The zero-order chi connectivity index (χ0) is 11.5. The number of aliphatic carboxylic acids is 1. The Labute approximate surface area is 94.7 Å². The summed E-state index contributed by atoms with van der Waals surface area (Å²) in [4.78, 5) is 12.7. The lowest BCUT2D eigenvalue weighted by Crippen LogP contribution is -2.23. The standard InChI is InChI=1S/C11H17N3O2/c1-13-6-2-3-10(13)14-8-9(7-12-14)4-5-11(15)16/h7-8,10H,2-6H2,1H3,(H,15,16). The third-order valence-electron chi connectivity index (χ3n) is 3.07. The van der Waals surface area contributed by atoms with Gasteiger partial charge < -0.3 is 5.11 Å². The van der Waals surface area contributed by atoms with E-state index in [0.717, 1.165) is 18.5 Å². The number of carbonyl (C=O) groups is 1. The normalized spacial score (nSPS) is 21.4. The average Bonchev–Trinajstić information content (AvgIpc) is 2.83. The third kappa shape index (κ3) is 2.41. The monoisotopic (exact) mass is 223 g/mol. The molecule has 1 unspecified atom stereocenters. The second kappa shape index (κ2) is 4.65. The molecule has 0 bridgehead atoms. The lowest BCUT2D eigenvalue weighted by molar-refractivity contribution is -0.136. The van der Waals surface area contributed by atoms with Crippen LogP contribution in [0.1, 0.15) is 31.0 Å². The third-order valence-corrected chi connectivity index (χ3v) is 3.07. The number of aryl methyl sites for hydroxylation is 1. The Morgan fingerprint density at radius 2 is 2.50 bits per heavy atom. The lowest BCUT2D eigenvalue weighted by Gasteiger charge is -2.19. The van der Waals surface area contributed by atoms with E-state index in [1.165, 1.54) is 6.42 Å². The molecule has 0 aromatic carbocycles. The molecule has 5 heteroatoms. The van der Waals surface area contributed by atoms with E-state index >= 15 is 0 Å².